The summed E-state index contributed by atoms with van der Waals surface area (Å²) < 4.78 is 12.9. The number of anilines is 1. The molecule has 0 aliphatic rings. The van der Waals surface area contributed by atoms with Crippen LogP contribution in [0, 0.1) is 0 Å². The molecule has 4 rings (SSSR count). The molecule has 4 aromatic rings. The van der Waals surface area contributed by atoms with Crippen molar-refractivity contribution in [3.63, 3.8) is 0 Å². The van der Waals surface area contributed by atoms with Gasteiger partial charge in [0.1, 0.15) is 5.82 Å². The quantitative estimate of drug-likeness (QED) is 0.405. The van der Waals surface area contributed by atoms with Crippen LogP contribution in [0.2, 0.25) is 5.02 Å². The zero-order valence-corrected chi connectivity index (χ0v) is 17.7. The van der Waals surface area contributed by atoms with Gasteiger partial charge in [0.2, 0.25) is 0 Å². The maximum Gasteiger partial charge on any atom is 0.161 e. The first-order valence-electron chi connectivity index (χ1n) is 9.52. The van der Waals surface area contributed by atoms with Gasteiger partial charge >= 0.3 is 0 Å². The normalized spacial score (nSPS) is 11.8. The molecule has 0 aliphatic carbocycles. The second-order valence-electron chi connectivity index (χ2n) is 6.72. The third-order valence-electron chi connectivity index (χ3n) is 4.48. The second-order valence-corrected chi connectivity index (χ2v) is 8.60. The van der Waals surface area contributed by atoms with Crippen LogP contribution in [0.4, 0.5) is 5.82 Å². The van der Waals surface area contributed by atoms with E-state index in [0.717, 1.165) is 16.0 Å². The van der Waals surface area contributed by atoms with E-state index in [1.807, 2.05) is 54.6 Å². The van der Waals surface area contributed by atoms with Crippen molar-refractivity contribution in [3.05, 3.63) is 107 Å². The van der Waals surface area contributed by atoms with Gasteiger partial charge in [-0.2, -0.15) is 0 Å². The lowest BCUT2D eigenvalue weighted by Crippen LogP contribution is -2.07. The summed E-state index contributed by atoms with van der Waals surface area (Å²) in [5.74, 6) is 1.61. The number of nitrogens with one attached hydrogen (secondary N) is 1. The Kier molecular flexibility index (Phi) is 6.52. The molecule has 0 saturated heterocycles. The maximum absolute atomic E-state index is 12.9. The Labute approximate surface area is 183 Å². The molecule has 150 valence electrons. The summed E-state index contributed by atoms with van der Waals surface area (Å²) in [5.41, 5.74) is 2.79. The highest BCUT2D eigenvalue weighted by molar-refractivity contribution is 7.84. The van der Waals surface area contributed by atoms with Crippen molar-refractivity contribution in [1.29, 1.82) is 0 Å². The average molecular weight is 434 g/mol. The first-order valence-corrected chi connectivity index (χ1v) is 11.2. The fourth-order valence-corrected chi connectivity index (χ4v) is 4.12. The minimum absolute atomic E-state index is 0.296. The number of hydrogen-bond donors (Lipinski definition) is 1. The van der Waals surface area contributed by atoms with Crippen molar-refractivity contribution in [2.45, 2.75) is 17.2 Å². The summed E-state index contributed by atoms with van der Waals surface area (Å²) in [6.07, 6.45) is 0. The van der Waals surface area contributed by atoms with E-state index < -0.39 is 10.8 Å². The van der Waals surface area contributed by atoms with Crippen LogP contribution in [0.25, 0.3) is 11.4 Å². The third kappa shape index (κ3) is 5.32. The molecule has 3 aromatic carbocycles. The molecule has 6 heteroatoms. The van der Waals surface area contributed by atoms with E-state index in [0.29, 0.717) is 34.7 Å². The Bertz CT molecular complexity index is 1140. The van der Waals surface area contributed by atoms with E-state index >= 15 is 0 Å². The third-order valence-corrected chi connectivity index (χ3v) is 6.09. The largest absolute Gasteiger partial charge is 0.366 e. The molecule has 1 aromatic heterocycles. The van der Waals surface area contributed by atoms with Gasteiger partial charge in [0, 0.05) is 28.1 Å². The number of rotatable bonds is 7. The van der Waals surface area contributed by atoms with E-state index in [-0.39, 0.29) is 0 Å². The maximum atomic E-state index is 12.9. The van der Waals surface area contributed by atoms with Gasteiger partial charge in [-0.05, 0) is 29.8 Å². The van der Waals surface area contributed by atoms with Crippen molar-refractivity contribution < 1.29 is 4.21 Å². The molecule has 1 heterocycles. The first kappa shape index (κ1) is 20.3. The molecule has 0 fully saturated rings. The van der Waals surface area contributed by atoms with Gasteiger partial charge < -0.3 is 5.32 Å². The van der Waals surface area contributed by atoms with Crippen LogP contribution in [-0.2, 0) is 23.1 Å². The monoisotopic (exact) mass is 433 g/mol. The van der Waals surface area contributed by atoms with Gasteiger partial charge in [-0.15, -0.1) is 0 Å². The van der Waals surface area contributed by atoms with Crippen LogP contribution in [0.1, 0.15) is 11.3 Å². The van der Waals surface area contributed by atoms with Gasteiger partial charge in [0.25, 0.3) is 0 Å². The van der Waals surface area contributed by atoms with E-state index in [2.05, 4.69) is 27.4 Å². The van der Waals surface area contributed by atoms with E-state index in [1.165, 1.54) is 0 Å². The highest BCUT2D eigenvalue weighted by atomic mass is 35.5. The van der Waals surface area contributed by atoms with E-state index in [9.17, 15) is 4.21 Å². The number of hydrogen-bond acceptors (Lipinski definition) is 4. The zero-order valence-electron chi connectivity index (χ0n) is 16.2. The molecule has 0 bridgehead atoms. The minimum Gasteiger partial charge on any atom is -0.366 e. The van der Waals surface area contributed by atoms with Crippen LogP contribution in [-0.4, -0.2) is 14.2 Å². The van der Waals surface area contributed by atoms with Gasteiger partial charge in [-0.1, -0.05) is 72.3 Å². The fraction of sp³-hybridized carbons (Fsp3) is 0.0833. The summed E-state index contributed by atoms with van der Waals surface area (Å²) in [6.45, 7) is 0.645. The Morgan fingerprint density at radius 3 is 2.20 bits per heavy atom. The highest BCUT2D eigenvalue weighted by Crippen LogP contribution is 2.21. The number of aromatic nitrogens is 2. The van der Waals surface area contributed by atoms with Crippen molar-refractivity contribution in [1.82, 2.24) is 9.97 Å². The minimum atomic E-state index is -1.23. The van der Waals surface area contributed by atoms with Crippen LogP contribution < -0.4 is 5.32 Å². The zero-order chi connectivity index (χ0) is 20.8. The van der Waals surface area contributed by atoms with Crippen LogP contribution in [0.15, 0.2) is 95.9 Å². The number of benzene rings is 3. The molecule has 0 amide bonds. The smallest absolute Gasteiger partial charge is 0.161 e. The van der Waals surface area contributed by atoms with E-state index in [1.54, 1.807) is 24.3 Å². The molecule has 0 saturated carbocycles. The van der Waals surface area contributed by atoms with Gasteiger partial charge in [0.05, 0.1) is 22.2 Å². The molecule has 0 unspecified atom stereocenters. The van der Waals surface area contributed by atoms with E-state index in [4.69, 9.17) is 11.6 Å². The van der Waals surface area contributed by atoms with Crippen LogP contribution in [0.5, 0.6) is 0 Å². The van der Waals surface area contributed by atoms with Crippen molar-refractivity contribution in [3.8, 4) is 11.4 Å². The molecule has 1 N–H and O–H groups in total. The molecular formula is C24H20ClN3OS. The van der Waals surface area contributed by atoms with Gasteiger partial charge in [-0.3, -0.25) is 4.21 Å². The predicted octanol–water partition coefficient (Wildman–Crippen LogP) is 5.72. The molecule has 0 aliphatic heterocycles. The van der Waals surface area contributed by atoms with Crippen molar-refractivity contribution >= 4 is 28.2 Å². The van der Waals surface area contributed by atoms with Gasteiger partial charge in [0.15, 0.2) is 5.82 Å². The Morgan fingerprint density at radius 1 is 0.833 bits per heavy atom. The van der Waals surface area contributed by atoms with Crippen LogP contribution in [0.3, 0.4) is 0 Å². The Hall–Kier alpha value is -3.02. The first-order chi connectivity index (χ1) is 14.7. The van der Waals surface area contributed by atoms with Crippen LogP contribution >= 0.6 is 11.6 Å². The molecule has 0 spiro atoms. The summed E-state index contributed by atoms with van der Waals surface area (Å²) >= 11 is 5.94. The second kappa shape index (κ2) is 9.65. The Balaban J connectivity index is 1.61. The molecular weight excluding hydrogens is 414 g/mol. The molecule has 0 radical (unpaired) electrons. The van der Waals surface area contributed by atoms with Crippen molar-refractivity contribution in [2.24, 2.45) is 0 Å². The average Bonchev–Trinajstić information content (AvgIpc) is 2.79. The SMILES string of the molecule is O=[S@](Cc1cc(NCc2ccccc2)nc(-c2ccccc2)n1)c1ccc(Cl)cc1. The number of nitrogens with zero attached hydrogens (tertiary/aromatic N) is 2. The lowest BCUT2D eigenvalue weighted by Gasteiger charge is -2.11. The topological polar surface area (TPSA) is 54.9 Å². The van der Waals surface area contributed by atoms with Gasteiger partial charge in [-0.25, -0.2) is 9.97 Å². The Morgan fingerprint density at radius 2 is 1.50 bits per heavy atom. The summed E-state index contributed by atoms with van der Waals surface area (Å²) in [6, 6.07) is 28.8. The standard InChI is InChI=1S/C24H20ClN3OS/c25-20-11-13-22(14-12-20)30(29)17-21-15-23(26-16-18-7-3-1-4-8-18)28-24(27-21)19-9-5-2-6-10-19/h1-15H,16-17H2,(H,26,27,28)/t30-/m1/s1. The predicted molar refractivity (Wildman–Crippen MR) is 123 cm³/mol. The molecule has 1 atom stereocenters. The highest BCUT2D eigenvalue weighted by Gasteiger charge is 2.11. The fourth-order valence-electron chi connectivity index (χ4n) is 2.97. The van der Waals surface area contributed by atoms with Crippen molar-refractivity contribution in [2.75, 3.05) is 5.32 Å². The molecule has 4 nitrogen and oxygen atoms in total. The summed E-state index contributed by atoms with van der Waals surface area (Å²) in [5, 5.41) is 3.99. The lowest BCUT2D eigenvalue weighted by atomic mass is 10.2. The number of halogens is 1. The summed E-state index contributed by atoms with van der Waals surface area (Å²) in [4.78, 5) is 10.1. The lowest BCUT2D eigenvalue weighted by molar-refractivity contribution is 0.682. The summed E-state index contributed by atoms with van der Waals surface area (Å²) in [7, 11) is -1.23. The molecule has 30 heavy (non-hydrogen) atoms.